The fraction of sp³-hybridized carbons (Fsp3) is 0.556. The lowest BCUT2D eigenvalue weighted by atomic mass is 10.2. The maximum absolute atomic E-state index is 12.9. The second-order valence-corrected chi connectivity index (χ2v) is 6.33. The van der Waals surface area contributed by atoms with Crippen LogP contribution in [0, 0.1) is 5.82 Å². The molecule has 1 unspecified atom stereocenters. The molecule has 7 heteroatoms. The molecule has 1 aromatic rings. The summed E-state index contributed by atoms with van der Waals surface area (Å²) in [5.41, 5.74) is 0.587. The molecular weight excluding hydrogens is 323 g/mol. The highest BCUT2D eigenvalue weighted by molar-refractivity contribution is 5.94. The summed E-state index contributed by atoms with van der Waals surface area (Å²) in [6.07, 6.45) is 0.931. The van der Waals surface area contributed by atoms with Gasteiger partial charge in [-0.3, -0.25) is 19.4 Å². The van der Waals surface area contributed by atoms with E-state index in [-0.39, 0.29) is 23.7 Å². The highest BCUT2D eigenvalue weighted by Crippen LogP contribution is 2.12. The van der Waals surface area contributed by atoms with Crippen LogP contribution in [0.15, 0.2) is 24.3 Å². The van der Waals surface area contributed by atoms with Crippen LogP contribution in [0.1, 0.15) is 20.3 Å². The van der Waals surface area contributed by atoms with Gasteiger partial charge in [0.25, 0.3) is 0 Å². The van der Waals surface area contributed by atoms with E-state index in [4.69, 9.17) is 0 Å². The molecule has 0 aliphatic carbocycles. The number of hydrogen-bond donors (Lipinski definition) is 2. The zero-order chi connectivity index (χ0) is 18.2. The van der Waals surface area contributed by atoms with Crippen molar-refractivity contribution in [3.05, 3.63) is 30.1 Å². The number of carbonyl (C=O) groups excluding carboxylic acids is 2. The lowest BCUT2D eigenvalue weighted by Gasteiger charge is -2.37. The van der Waals surface area contributed by atoms with Crippen molar-refractivity contribution in [2.45, 2.75) is 26.3 Å². The van der Waals surface area contributed by atoms with E-state index in [0.717, 1.165) is 32.6 Å². The summed E-state index contributed by atoms with van der Waals surface area (Å²) in [5, 5.41) is 5.69. The maximum atomic E-state index is 12.9. The van der Waals surface area contributed by atoms with Gasteiger partial charge in [0.15, 0.2) is 0 Å². The summed E-state index contributed by atoms with van der Waals surface area (Å²) in [6.45, 7) is 7.99. The predicted octanol–water partition coefficient (Wildman–Crippen LogP) is 1.30. The fourth-order valence-electron chi connectivity index (χ4n) is 2.78. The van der Waals surface area contributed by atoms with Gasteiger partial charge in [-0.05, 0) is 37.6 Å². The topological polar surface area (TPSA) is 64.7 Å². The molecule has 2 amide bonds. The van der Waals surface area contributed by atoms with E-state index in [9.17, 15) is 14.0 Å². The second kappa shape index (κ2) is 9.48. The highest BCUT2D eigenvalue weighted by Gasteiger charge is 2.26. The SMILES string of the molecule is CCCNC(=O)CN1CCN(C(C)C(=O)Nc2ccc(F)cc2)CC1. The molecule has 138 valence electrons. The third kappa shape index (κ3) is 6.10. The van der Waals surface area contributed by atoms with E-state index in [2.05, 4.69) is 20.4 Å². The number of benzene rings is 1. The normalized spacial score (nSPS) is 17.1. The summed E-state index contributed by atoms with van der Waals surface area (Å²) in [6, 6.07) is 5.46. The summed E-state index contributed by atoms with van der Waals surface area (Å²) >= 11 is 0. The number of halogens is 1. The van der Waals surface area contributed by atoms with Crippen molar-refractivity contribution < 1.29 is 14.0 Å². The Bertz CT molecular complexity index is 571. The van der Waals surface area contributed by atoms with Gasteiger partial charge in [-0.2, -0.15) is 0 Å². The summed E-state index contributed by atoms with van der Waals surface area (Å²) < 4.78 is 12.9. The van der Waals surface area contributed by atoms with Gasteiger partial charge in [0.2, 0.25) is 11.8 Å². The van der Waals surface area contributed by atoms with Crippen LogP contribution in [0.5, 0.6) is 0 Å². The molecule has 0 radical (unpaired) electrons. The molecule has 25 heavy (non-hydrogen) atoms. The lowest BCUT2D eigenvalue weighted by Crippen LogP contribution is -2.54. The lowest BCUT2D eigenvalue weighted by molar-refractivity contribution is -0.124. The minimum atomic E-state index is -0.329. The minimum absolute atomic E-state index is 0.0531. The van der Waals surface area contributed by atoms with Crippen LogP contribution < -0.4 is 10.6 Å². The first-order chi connectivity index (χ1) is 12.0. The van der Waals surface area contributed by atoms with Crippen LogP contribution in [-0.4, -0.2) is 66.9 Å². The number of anilines is 1. The molecule has 2 rings (SSSR count). The van der Waals surface area contributed by atoms with Gasteiger partial charge in [0, 0.05) is 38.4 Å². The highest BCUT2D eigenvalue weighted by atomic mass is 19.1. The average molecular weight is 350 g/mol. The monoisotopic (exact) mass is 350 g/mol. The van der Waals surface area contributed by atoms with Crippen LogP contribution in [0.3, 0.4) is 0 Å². The van der Waals surface area contributed by atoms with E-state index in [1.165, 1.54) is 12.1 Å². The zero-order valence-corrected chi connectivity index (χ0v) is 14.9. The van der Waals surface area contributed by atoms with Gasteiger partial charge < -0.3 is 10.6 Å². The molecule has 1 saturated heterocycles. The Kier molecular flexibility index (Phi) is 7.33. The van der Waals surface area contributed by atoms with Crippen molar-refractivity contribution in [1.29, 1.82) is 0 Å². The molecule has 6 nitrogen and oxygen atoms in total. The Balaban J connectivity index is 1.76. The smallest absolute Gasteiger partial charge is 0.241 e. The Morgan fingerprint density at radius 3 is 2.40 bits per heavy atom. The van der Waals surface area contributed by atoms with Crippen molar-refractivity contribution in [2.24, 2.45) is 0 Å². The van der Waals surface area contributed by atoms with Crippen LogP contribution >= 0.6 is 0 Å². The first kappa shape index (κ1) is 19.3. The molecule has 0 bridgehead atoms. The molecule has 1 aromatic carbocycles. The number of nitrogens with one attached hydrogen (secondary N) is 2. The van der Waals surface area contributed by atoms with Gasteiger partial charge in [0.05, 0.1) is 12.6 Å². The molecule has 1 heterocycles. The summed E-state index contributed by atoms with van der Waals surface area (Å²) in [7, 11) is 0. The summed E-state index contributed by atoms with van der Waals surface area (Å²) in [5.74, 6) is -0.386. The fourth-order valence-corrected chi connectivity index (χ4v) is 2.78. The molecule has 1 aliphatic rings. The first-order valence-corrected chi connectivity index (χ1v) is 8.79. The van der Waals surface area contributed by atoms with Gasteiger partial charge in [-0.1, -0.05) is 6.92 Å². The number of nitrogens with zero attached hydrogens (tertiary/aromatic N) is 2. The summed E-state index contributed by atoms with van der Waals surface area (Å²) in [4.78, 5) is 28.3. The van der Waals surface area contributed by atoms with Crippen molar-refractivity contribution in [1.82, 2.24) is 15.1 Å². The zero-order valence-electron chi connectivity index (χ0n) is 14.9. The second-order valence-electron chi connectivity index (χ2n) is 6.33. The van der Waals surface area contributed by atoms with Crippen LogP contribution in [-0.2, 0) is 9.59 Å². The Labute approximate surface area is 148 Å². The number of carbonyl (C=O) groups is 2. The van der Waals surface area contributed by atoms with Gasteiger partial charge in [-0.25, -0.2) is 4.39 Å². The van der Waals surface area contributed by atoms with Crippen molar-refractivity contribution in [3.63, 3.8) is 0 Å². The van der Waals surface area contributed by atoms with Crippen molar-refractivity contribution in [2.75, 3.05) is 44.6 Å². The molecule has 0 spiro atoms. The Morgan fingerprint density at radius 2 is 1.80 bits per heavy atom. The van der Waals surface area contributed by atoms with Gasteiger partial charge >= 0.3 is 0 Å². The number of amides is 2. The van der Waals surface area contributed by atoms with Gasteiger partial charge in [0.1, 0.15) is 5.82 Å². The van der Waals surface area contributed by atoms with Crippen molar-refractivity contribution >= 4 is 17.5 Å². The molecule has 0 saturated carbocycles. The molecule has 2 N–H and O–H groups in total. The maximum Gasteiger partial charge on any atom is 0.241 e. The standard InChI is InChI=1S/C18H27FN4O2/c1-3-8-20-17(24)13-22-9-11-23(12-10-22)14(2)18(25)21-16-6-4-15(19)5-7-16/h4-7,14H,3,8-13H2,1-2H3,(H,20,24)(H,21,25). The average Bonchev–Trinajstić information content (AvgIpc) is 2.62. The number of hydrogen-bond acceptors (Lipinski definition) is 4. The molecule has 1 fully saturated rings. The van der Waals surface area contributed by atoms with E-state index in [0.29, 0.717) is 18.8 Å². The largest absolute Gasteiger partial charge is 0.355 e. The van der Waals surface area contributed by atoms with Crippen LogP contribution in [0.25, 0.3) is 0 Å². The number of piperazine rings is 1. The molecular formula is C18H27FN4O2. The first-order valence-electron chi connectivity index (χ1n) is 8.79. The van der Waals surface area contributed by atoms with Gasteiger partial charge in [-0.15, -0.1) is 0 Å². The molecule has 0 aromatic heterocycles. The van der Waals surface area contributed by atoms with E-state index in [1.807, 2.05) is 13.8 Å². The Hall–Kier alpha value is -1.99. The molecule has 1 aliphatic heterocycles. The predicted molar refractivity (Wildman–Crippen MR) is 95.8 cm³/mol. The van der Waals surface area contributed by atoms with E-state index in [1.54, 1.807) is 12.1 Å². The van der Waals surface area contributed by atoms with Crippen LogP contribution in [0.4, 0.5) is 10.1 Å². The van der Waals surface area contributed by atoms with Crippen molar-refractivity contribution in [3.8, 4) is 0 Å². The Morgan fingerprint density at radius 1 is 1.16 bits per heavy atom. The third-order valence-electron chi connectivity index (χ3n) is 4.39. The van der Waals surface area contributed by atoms with E-state index >= 15 is 0 Å². The van der Waals surface area contributed by atoms with E-state index < -0.39 is 0 Å². The van der Waals surface area contributed by atoms with Crippen LogP contribution in [0.2, 0.25) is 0 Å². The number of rotatable bonds is 7. The minimum Gasteiger partial charge on any atom is -0.355 e. The molecule has 1 atom stereocenters. The quantitative estimate of drug-likeness (QED) is 0.778. The third-order valence-corrected chi connectivity index (χ3v) is 4.39.